The smallest absolute Gasteiger partial charge is 0.0856 e. The molecule has 0 aliphatic rings. The highest BCUT2D eigenvalue weighted by Crippen LogP contribution is 2.35. The average molecular weight is 324 g/mol. The number of ether oxygens (including phenoxy) is 1. The van der Waals surface area contributed by atoms with Gasteiger partial charge >= 0.3 is 0 Å². The fourth-order valence-electron chi connectivity index (χ4n) is 2.70. The van der Waals surface area contributed by atoms with Crippen LogP contribution in [0.4, 0.5) is 0 Å². The minimum atomic E-state index is 0.00384. The summed E-state index contributed by atoms with van der Waals surface area (Å²) in [7, 11) is 0. The van der Waals surface area contributed by atoms with Crippen LogP contribution >= 0.6 is 11.6 Å². The molecule has 1 rings (SSSR count). The molecule has 0 unspecified atom stereocenters. The highest BCUT2D eigenvalue weighted by atomic mass is 35.5. The fraction of sp³-hybridized carbons (Fsp3) is 0.647. The van der Waals surface area contributed by atoms with Gasteiger partial charge in [-0.1, -0.05) is 55.9 Å². The van der Waals surface area contributed by atoms with Crippen LogP contribution in [0.15, 0.2) is 23.3 Å². The summed E-state index contributed by atoms with van der Waals surface area (Å²) >= 11 is 6.17. The number of nitrogens with zero attached hydrogens (tertiary/aromatic N) is 3. The first kappa shape index (κ1) is 18.8. The van der Waals surface area contributed by atoms with Gasteiger partial charge in [0.25, 0.3) is 0 Å². The number of rotatable bonds is 10. The molecular weight excluding hydrogens is 298 g/mol. The van der Waals surface area contributed by atoms with Crippen molar-refractivity contribution < 1.29 is 4.74 Å². The van der Waals surface area contributed by atoms with E-state index in [1.807, 2.05) is 18.2 Å². The predicted molar refractivity (Wildman–Crippen MR) is 92.2 cm³/mol. The van der Waals surface area contributed by atoms with E-state index in [2.05, 4.69) is 30.8 Å². The van der Waals surface area contributed by atoms with Crippen LogP contribution in [0, 0.1) is 12.8 Å². The van der Waals surface area contributed by atoms with Gasteiger partial charge in [0.1, 0.15) is 0 Å². The molecule has 1 aromatic carbocycles. The molecule has 0 saturated heterocycles. The molecule has 0 bridgehead atoms. The van der Waals surface area contributed by atoms with Crippen molar-refractivity contribution in [3.8, 4) is 0 Å². The Kier molecular flexibility index (Phi) is 8.98. The zero-order valence-electron chi connectivity index (χ0n) is 13.8. The summed E-state index contributed by atoms with van der Waals surface area (Å²) in [4.78, 5) is 2.78. The van der Waals surface area contributed by atoms with Crippen LogP contribution in [0.5, 0.6) is 0 Å². The molecule has 0 fully saturated rings. The van der Waals surface area contributed by atoms with Crippen LogP contribution in [-0.2, 0) is 4.74 Å². The second-order valence-corrected chi connectivity index (χ2v) is 5.99. The molecule has 1 aromatic rings. The van der Waals surface area contributed by atoms with Gasteiger partial charge in [0.15, 0.2) is 0 Å². The molecule has 0 heterocycles. The van der Waals surface area contributed by atoms with E-state index < -0.39 is 0 Å². The second-order valence-electron chi connectivity index (χ2n) is 5.56. The molecule has 0 saturated carbocycles. The molecule has 22 heavy (non-hydrogen) atoms. The maximum Gasteiger partial charge on any atom is 0.0856 e. The van der Waals surface area contributed by atoms with Crippen molar-refractivity contribution in [3.05, 3.63) is 44.8 Å². The summed E-state index contributed by atoms with van der Waals surface area (Å²) in [5, 5.41) is 4.29. The number of halogens is 1. The molecule has 0 radical (unpaired) electrons. The number of hydrogen-bond acceptors (Lipinski definition) is 2. The monoisotopic (exact) mass is 323 g/mol. The minimum absolute atomic E-state index is 0.00384. The quantitative estimate of drug-likeness (QED) is 0.218. The van der Waals surface area contributed by atoms with Crippen molar-refractivity contribution in [3.63, 3.8) is 0 Å². The largest absolute Gasteiger partial charge is 0.373 e. The first-order valence-electron chi connectivity index (χ1n) is 8.02. The van der Waals surface area contributed by atoms with Crippen molar-refractivity contribution in [2.45, 2.75) is 52.6 Å². The fourth-order valence-corrected chi connectivity index (χ4v) is 2.88. The Morgan fingerprint density at radius 3 is 2.77 bits per heavy atom. The summed E-state index contributed by atoms with van der Waals surface area (Å²) in [6, 6.07) is 5.95. The van der Waals surface area contributed by atoms with E-state index in [-0.39, 0.29) is 6.10 Å². The van der Waals surface area contributed by atoms with Gasteiger partial charge in [0.05, 0.1) is 12.7 Å². The van der Waals surface area contributed by atoms with E-state index >= 15 is 0 Å². The molecule has 2 atom stereocenters. The Balaban J connectivity index is 2.97. The lowest BCUT2D eigenvalue weighted by atomic mass is 9.87. The molecule has 0 aliphatic carbocycles. The number of aryl methyl sites for hydroxylation is 1. The van der Waals surface area contributed by atoms with Crippen molar-refractivity contribution in [1.82, 2.24) is 0 Å². The molecule has 0 spiro atoms. The second kappa shape index (κ2) is 10.5. The highest BCUT2D eigenvalue weighted by Gasteiger charge is 2.24. The molecule has 122 valence electrons. The van der Waals surface area contributed by atoms with Crippen molar-refractivity contribution >= 4 is 11.6 Å². The van der Waals surface area contributed by atoms with Gasteiger partial charge in [-0.15, -0.1) is 0 Å². The topological polar surface area (TPSA) is 58.0 Å². The van der Waals surface area contributed by atoms with Gasteiger partial charge in [-0.2, -0.15) is 0 Å². The molecule has 0 aromatic heterocycles. The minimum Gasteiger partial charge on any atom is -0.373 e. The molecule has 0 aliphatic heterocycles. The summed E-state index contributed by atoms with van der Waals surface area (Å²) < 4.78 is 6.09. The van der Waals surface area contributed by atoms with Gasteiger partial charge in [0, 0.05) is 16.5 Å². The van der Waals surface area contributed by atoms with E-state index in [1.165, 1.54) is 18.4 Å². The van der Waals surface area contributed by atoms with Crippen LogP contribution < -0.4 is 0 Å². The zero-order valence-corrected chi connectivity index (χ0v) is 14.5. The number of hydrogen-bond donors (Lipinski definition) is 0. The first-order chi connectivity index (χ1) is 10.6. The molecule has 5 heteroatoms. The summed E-state index contributed by atoms with van der Waals surface area (Å²) in [5.41, 5.74) is 10.7. The van der Waals surface area contributed by atoms with Gasteiger partial charge < -0.3 is 4.74 Å². The predicted octanol–water partition coefficient (Wildman–Crippen LogP) is 6.23. The van der Waals surface area contributed by atoms with Gasteiger partial charge in [-0.3, -0.25) is 0 Å². The lowest BCUT2D eigenvalue weighted by Crippen LogP contribution is -2.18. The maximum absolute atomic E-state index is 8.39. The highest BCUT2D eigenvalue weighted by molar-refractivity contribution is 6.30. The Morgan fingerprint density at radius 1 is 1.36 bits per heavy atom. The van der Waals surface area contributed by atoms with Gasteiger partial charge in [-0.25, -0.2) is 0 Å². The maximum atomic E-state index is 8.39. The number of azide groups is 1. The van der Waals surface area contributed by atoms with E-state index in [4.69, 9.17) is 21.9 Å². The van der Waals surface area contributed by atoms with Crippen LogP contribution in [-0.4, -0.2) is 13.2 Å². The van der Waals surface area contributed by atoms with Crippen LogP contribution in [0.2, 0.25) is 5.02 Å². The number of unbranched alkanes of at least 4 members (excludes halogenated alkanes) is 1. The summed E-state index contributed by atoms with van der Waals surface area (Å²) in [5.74, 6) is 0.447. The van der Waals surface area contributed by atoms with Gasteiger partial charge in [0.2, 0.25) is 0 Å². The molecule has 4 nitrogen and oxygen atoms in total. The average Bonchev–Trinajstić information content (AvgIpc) is 2.52. The SMILES string of the molecule is CCCC[C@H](CC)[C@@H](OCCN=[N+]=[N-])c1cc(Cl)ccc1C. The third-order valence-corrected chi connectivity index (χ3v) is 4.22. The van der Waals surface area contributed by atoms with Crippen LogP contribution in [0.1, 0.15) is 56.8 Å². The summed E-state index contributed by atoms with van der Waals surface area (Å²) in [6.07, 6.45) is 4.55. The Labute approximate surface area is 138 Å². The third-order valence-electron chi connectivity index (χ3n) is 3.98. The lowest BCUT2D eigenvalue weighted by molar-refractivity contribution is 0.00965. The molecule has 0 amide bonds. The summed E-state index contributed by atoms with van der Waals surface area (Å²) in [6.45, 7) is 7.28. The van der Waals surface area contributed by atoms with E-state index in [0.29, 0.717) is 19.1 Å². The lowest BCUT2D eigenvalue weighted by Gasteiger charge is -2.28. The van der Waals surface area contributed by atoms with Crippen LogP contribution in [0.25, 0.3) is 10.4 Å². The van der Waals surface area contributed by atoms with Gasteiger partial charge in [-0.05, 0) is 48.1 Å². The third kappa shape index (κ3) is 5.88. The van der Waals surface area contributed by atoms with Crippen molar-refractivity contribution in [2.75, 3.05) is 13.2 Å². The standard InChI is InChI=1S/C17H26ClN3O/c1-4-6-7-14(5-2)17(22-11-10-20-21-19)16-12-15(18)9-8-13(16)3/h8-9,12,14,17H,4-7,10-11H2,1-3H3/t14-,17+/m0/s1. The van der Waals surface area contributed by atoms with E-state index in [1.54, 1.807) is 0 Å². The Bertz CT molecular complexity index is 501. The molecule has 0 N–H and O–H groups in total. The molecular formula is C17H26ClN3O. The van der Waals surface area contributed by atoms with E-state index in [9.17, 15) is 0 Å². The number of benzene rings is 1. The first-order valence-corrected chi connectivity index (χ1v) is 8.40. The Hall–Kier alpha value is -1.22. The Morgan fingerprint density at radius 2 is 2.14 bits per heavy atom. The zero-order chi connectivity index (χ0) is 16.4. The van der Waals surface area contributed by atoms with Crippen molar-refractivity contribution in [2.24, 2.45) is 11.0 Å². The van der Waals surface area contributed by atoms with E-state index in [0.717, 1.165) is 23.4 Å². The normalized spacial score (nSPS) is 13.5. The van der Waals surface area contributed by atoms with Crippen molar-refractivity contribution in [1.29, 1.82) is 0 Å². The van der Waals surface area contributed by atoms with Crippen LogP contribution in [0.3, 0.4) is 0 Å².